The standard InChI is InChI=1S/C24H24F2N6O4S.C20H23F2N5O2S.C4H3NO3/c1-29-22-21(32(37(29,34)35)15-17-14-24(17,25)26)7-6-19(27-22)16-2-4-18(5-3-16)30-9-11-31(12-10-30)23(33)20-8-13-36-28-20;1-25-19-18(27(30(25,28)29)13-15-12-20(15,21)22)7-6-17(24-19)14-2-4-16(5-3-14)26-10-8-23-9-11-26;6-4(7)3-1-2-8-5-3/h2-8,13,17H,9-12,14-15H2,1H3;2-7,15,23H,8-13H2,1H3;1-2H,(H,6,7). The second-order valence-corrected chi connectivity index (χ2v) is 22.4. The summed E-state index contributed by atoms with van der Waals surface area (Å²) in [5.41, 5.74) is 5.91. The molecule has 396 valence electrons. The van der Waals surface area contributed by atoms with Crippen molar-refractivity contribution in [3.63, 3.8) is 0 Å². The fourth-order valence-corrected chi connectivity index (χ4v) is 11.9. The summed E-state index contributed by atoms with van der Waals surface area (Å²) >= 11 is 0. The van der Waals surface area contributed by atoms with Crippen LogP contribution in [0.2, 0.25) is 0 Å². The third-order valence-electron chi connectivity index (χ3n) is 13.8. The van der Waals surface area contributed by atoms with E-state index in [9.17, 15) is 44.0 Å². The van der Waals surface area contributed by atoms with Gasteiger partial charge < -0.3 is 34.2 Å². The second kappa shape index (κ2) is 19.6. The molecular formula is C48H50F4N12O9S2. The minimum Gasteiger partial charge on any atom is -0.476 e. The molecule has 21 nitrogen and oxygen atoms in total. The van der Waals surface area contributed by atoms with Gasteiger partial charge in [-0.1, -0.05) is 34.6 Å². The molecule has 6 aliphatic rings. The highest BCUT2D eigenvalue weighted by atomic mass is 32.2. The van der Waals surface area contributed by atoms with E-state index < -0.39 is 50.1 Å². The highest BCUT2D eigenvalue weighted by Gasteiger charge is 2.60. The summed E-state index contributed by atoms with van der Waals surface area (Å²) < 4.78 is 118. The zero-order chi connectivity index (χ0) is 53.0. The number of piperazine rings is 2. The number of nitrogens with one attached hydrogen (secondary N) is 1. The molecule has 2 saturated carbocycles. The lowest BCUT2D eigenvalue weighted by molar-refractivity contribution is 0.0683. The lowest BCUT2D eigenvalue weighted by atomic mass is 10.1. The molecule has 4 aliphatic heterocycles. The number of halogens is 4. The minimum atomic E-state index is -3.95. The van der Waals surface area contributed by atoms with E-state index in [2.05, 4.69) is 39.9 Å². The number of carbonyl (C=O) groups is 2. The van der Waals surface area contributed by atoms with Crippen LogP contribution in [0.15, 0.2) is 107 Å². The molecule has 0 bridgehead atoms. The number of hydrogen-bond acceptors (Lipinski definition) is 15. The number of hydrogen-bond donors (Lipinski definition) is 2. The van der Waals surface area contributed by atoms with Gasteiger partial charge in [0.2, 0.25) is 0 Å². The molecule has 2 unspecified atom stereocenters. The Kier molecular flexibility index (Phi) is 13.3. The molecule has 2 aliphatic carbocycles. The van der Waals surface area contributed by atoms with Crippen LogP contribution >= 0.6 is 0 Å². The number of fused-ring (bicyclic) bond motifs is 2. The van der Waals surface area contributed by atoms with Gasteiger partial charge in [0.15, 0.2) is 23.0 Å². The molecule has 2 atom stereocenters. The van der Waals surface area contributed by atoms with E-state index in [4.69, 9.17) is 9.63 Å². The summed E-state index contributed by atoms with van der Waals surface area (Å²) in [6.45, 7) is 5.78. The molecule has 4 fully saturated rings. The van der Waals surface area contributed by atoms with Gasteiger partial charge in [0.25, 0.3) is 17.8 Å². The van der Waals surface area contributed by atoms with Crippen molar-refractivity contribution in [1.29, 1.82) is 0 Å². The summed E-state index contributed by atoms with van der Waals surface area (Å²) in [6, 6.07) is 25.3. The van der Waals surface area contributed by atoms with Crippen molar-refractivity contribution in [3.05, 3.63) is 109 Å². The molecule has 2 aromatic carbocycles. The monoisotopic (exact) mass is 1080 g/mol. The van der Waals surface area contributed by atoms with Crippen LogP contribution in [0.1, 0.15) is 33.8 Å². The van der Waals surface area contributed by atoms with Crippen LogP contribution in [-0.4, -0.2) is 150 Å². The van der Waals surface area contributed by atoms with Crippen LogP contribution in [0.3, 0.4) is 0 Å². The maximum Gasteiger partial charge on any atom is 0.358 e. The molecule has 75 heavy (non-hydrogen) atoms. The Morgan fingerprint density at radius 3 is 1.40 bits per heavy atom. The smallest absolute Gasteiger partial charge is 0.358 e. The Morgan fingerprint density at radius 2 is 1.03 bits per heavy atom. The number of nitrogens with zero attached hydrogens (tertiary/aromatic N) is 11. The van der Waals surface area contributed by atoms with Crippen molar-refractivity contribution in [2.45, 2.75) is 24.7 Å². The number of alkyl halides is 4. The van der Waals surface area contributed by atoms with Gasteiger partial charge in [0, 0.05) is 139 Å². The first-order chi connectivity index (χ1) is 35.7. The van der Waals surface area contributed by atoms with Crippen LogP contribution in [0.5, 0.6) is 0 Å². The predicted octanol–water partition coefficient (Wildman–Crippen LogP) is 5.54. The third-order valence-corrected chi connectivity index (χ3v) is 17.4. The average Bonchev–Trinajstić information content (AvgIpc) is 3.81. The topological polar surface area (TPSA) is 235 Å². The van der Waals surface area contributed by atoms with Gasteiger partial charge in [0.1, 0.15) is 12.5 Å². The van der Waals surface area contributed by atoms with Crippen molar-refractivity contribution in [2.75, 3.05) is 107 Å². The van der Waals surface area contributed by atoms with Gasteiger partial charge >= 0.3 is 26.4 Å². The predicted molar refractivity (Wildman–Crippen MR) is 268 cm³/mol. The molecule has 6 aromatic rings. The largest absolute Gasteiger partial charge is 0.476 e. The molecule has 1 amide bonds. The van der Waals surface area contributed by atoms with E-state index in [0.29, 0.717) is 54.6 Å². The molecule has 4 aromatic heterocycles. The number of amides is 1. The van der Waals surface area contributed by atoms with Gasteiger partial charge in [-0.05, 0) is 48.5 Å². The zero-order valence-corrected chi connectivity index (χ0v) is 42.0. The molecule has 8 heterocycles. The summed E-state index contributed by atoms with van der Waals surface area (Å²) in [5, 5.41) is 18.3. The van der Waals surface area contributed by atoms with E-state index in [1.54, 1.807) is 35.2 Å². The van der Waals surface area contributed by atoms with Gasteiger partial charge in [0.05, 0.1) is 22.8 Å². The Hall–Kier alpha value is -7.52. The first-order valence-corrected chi connectivity index (χ1v) is 26.6. The van der Waals surface area contributed by atoms with Gasteiger partial charge in [-0.25, -0.2) is 49.5 Å². The number of benzene rings is 2. The number of aromatic nitrogens is 4. The fraction of sp³-hybridized carbons (Fsp3) is 0.375. The van der Waals surface area contributed by atoms with E-state index in [1.165, 1.54) is 32.7 Å². The molecule has 2 N–H and O–H groups in total. The summed E-state index contributed by atoms with van der Waals surface area (Å²) in [5.74, 6) is -8.25. The maximum absolute atomic E-state index is 13.5. The van der Waals surface area contributed by atoms with Crippen molar-refractivity contribution < 1.29 is 58.1 Å². The Balaban J connectivity index is 0.000000151. The molecule has 2 saturated heterocycles. The third kappa shape index (κ3) is 10.2. The molecular weight excluding hydrogens is 1030 g/mol. The Labute approximate surface area is 428 Å². The lowest BCUT2D eigenvalue weighted by Crippen LogP contribution is -2.48. The number of rotatable bonds is 10. The van der Waals surface area contributed by atoms with E-state index in [0.717, 1.165) is 65.9 Å². The fourth-order valence-electron chi connectivity index (χ4n) is 9.12. The highest BCUT2D eigenvalue weighted by molar-refractivity contribution is 7.95. The maximum atomic E-state index is 13.5. The van der Waals surface area contributed by atoms with Crippen molar-refractivity contribution in [3.8, 4) is 22.5 Å². The molecule has 0 radical (unpaired) electrons. The van der Waals surface area contributed by atoms with E-state index >= 15 is 0 Å². The Morgan fingerprint density at radius 1 is 0.613 bits per heavy atom. The summed E-state index contributed by atoms with van der Waals surface area (Å²) in [7, 11) is -5.05. The summed E-state index contributed by atoms with van der Waals surface area (Å²) in [4.78, 5) is 37.7. The lowest BCUT2D eigenvalue weighted by Gasteiger charge is -2.35. The number of carbonyl (C=O) groups excluding carboxylic acids is 1. The van der Waals surface area contributed by atoms with Crippen LogP contribution in [-0.2, 0) is 20.4 Å². The zero-order valence-electron chi connectivity index (χ0n) is 40.3. The molecule has 27 heteroatoms. The van der Waals surface area contributed by atoms with E-state index in [-0.39, 0.29) is 49.2 Å². The van der Waals surface area contributed by atoms with Gasteiger partial charge in [-0.3, -0.25) is 4.79 Å². The SMILES string of the molecule is CN1c2nc(-c3ccc(N4CCN(C(=O)c5ccon5)CC4)cc3)ccc2N(CC2CC2(F)F)S1(=O)=O.CN1c2nc(-c3ccc(N4CCNCC4)cc3)ccc2N(CC2CC2(F)F)S1(=O)=O.O=C(O)c1ccon1. The number of aromatic carboxylic acids is 1. The van der Waals surface area contributed by atoms with E-state index in [1.807, 2.05) is 48.5 Å². The second-order valence-electron chi connectivity index (χ2n) is 18.6. The Bertz CT molecular complexity index is 3290. The highest BCUT2D eigenvalue weighted by Crippen LogP contribution is 2.52. The van der Waals surface area contributed by atoms with Gasteiger partial charge in [-0.15, -0.1) is 0 Å². The minimum absolute atomic E-state index is 0.0648. The van der Waals surface area contributed by atoms with Crippen LogP contribution < -0.4 is 32.3 Å². The molecule has 0 spiro atoms. The first-order valence-electron chi connectivity index (χ1n) is 23.8. The van der Waals surface area contributed by atoms with Crippen molar-refractivity contribution in [2.24, 2.45) is 11.8 Å². The van der Waals surface area contributed by atoms with Crippen molar-refractivity contribution in [1.82, 2.24) is 30.5 Å². The van der Waals surface area contributed by atoms with Crippen LogP contribution in [0, 0.1) is 11.8 Å². The number of carboxylic acid groups (broad SMARTS) is 1. The number of anilines is 6. The average molecular weight is 1080 g/mol. The first kappa shape index (κ1) is 51.0. The number of carboxylic acids is 1. The van der Waals surface area contributed by atoms with Crippen LogP contribution in [0.4, 0.5) is 51.9 Å². The number of pyridine rings is 2. The quantitative estimate of drug-likeness (QED) is 0.160. The van der Waals surface area contributed by atoms with Crippen molar-refractivity contribution >= 4 is 66.7 Å². The van der Waals surface area contributed by atoms with Gasteiger partial charge in [-0.2, -0.15) is 16.8 Å². The van der Waals surface area contributed by atoms with Crippen LogP contribution in [0.25, 0.3) is 22.5 Å². The molecule has 12 rings (SSSR count). The summed E-state index contributed by atoms with van der Waals surface area (Å²) in [6.07, 6.45) is 2.01. The normalized spacial score (nSPS) is 21.3.